The lowest BCUT2D eigenvalue weighted by molar-refractivity contribution is -0.135. The van der Waals surface area contributed by atoms with E-state index in [4.69, 9.17) is 5.11 Å². The van der Waals surface area contributed by atoms with Gasteiger partial charge in [0.15, 0.2) is 0 Å². The molecule has 1 aliphatic carbocycles. The second-order valence-corrected chi connectivity index (χ2v) is 4.39. The summed E-state index contributed by atoms with van der Waals surface area (Å²) in [7, 11) is 0. The topological polar surface area (TPSA) is 69.2 Å². The van der Waals surface area contributed by atoms with E-state index < -0.39 is 5.97 Å². The minimum atomic E-state index is -0.785. The van der Waals surface area contributed by atoms with Crippen LogP contribution in [0.5, 0.6) is 0 Å². The minimum Gasteiger partial charge on any atom is -0.480 e. The molecule has 2 N–H and O–H groups in total. The summed E-state index contributed by atoms with van der Waals surface area (Å²) in [6, 6.07) is 0.367. The van der Waals surface area contributed by atoms with Crippen molar-refractivity contribution in [2.24, 2.45) is 0 Å². The van der Waals surface area contributed by atoms with Crippen LogP contribution in [0.2, 0.25) is 0 Å². The van der Waals surface area contributed by atoms with E-state index in [9.17, 15) is 4.79 Å². The van der Waals surface area contributed by atoms with E-state index in [1.165, 1.54) is 6.42 Å². The van der Waals surface area contributed by atoms with Gasteiger partial charge in [-0.1, -0.05) is 0 Å². The maximum absolute atomic E-state index is 10.9. The van der Waals surface area contributed by atoms with E-state index in [1.807, 2.05) is 18.7 Å². The van der Waals surface area contributed by atoms with E-state index in [0.717, 1.165) is 29.9 Å². The van der Waals surface area contributed by atoms with E-state index >= 15 is 0 Å². The number of carbonyl (C=O) groups is 1. The highest BCUT2D eigenvalue weighted by molar-refractivity contribution is 5.75. The SMILES string of the molecule is Cc1n[nH]c(C)c1N(CC(=O)O)C1CCC1. The van der Waals surface area contributed by atoms with Gasteiger partial charge in [-0.3, -0.25) is 9.89 Å². The van der Waals surface area contributed by atoms with Crippen LogP contribution in [0.1, 0.15) is 30.7 Å². The number of aryl methyl sites for hydroxylation is 2. The van der Waals surface area contributed by atoms with Gasteiger partial charge in [-0.15, -0.1) is 0 Å². The van der Waals surface area contributed by atoms with Crippen molar-refractivity contribution in [2.75, 3.05) is 11.4 Å². The Morgan fingerprint density at radius 1 is 1.56 bits per heavy atom. The molecule has 16 heavy (non-hydrogen) atoms. The fourth-order valence-corrected chi connectivity index (χ4v) is 2.20. The van der Waals surface area contributed by atoms with Crippen LogP contribution in [0.15, 0.2) is 0 Å². The summed E-state index contributed by atoms with van der Waals surface area (Å²) in [6.45, 7) is 3.90. The molecule has 5 nitrogen and oxygen atoms in total. The van der Waals surface area contributed by atoms with Gasteiger partial charge >= 0.3 is 5.97 Å². The van der Waals surface area contributed by atoms with Gasteiger partial charge in [-0.2, -0.15) is 5.10 Å². The molecule has 0 radical (unpaired) electrons. The van der Waals surface area contributed by atoms with E-state index in [1.54, 1.807) is 0 Å². The lowest BCUT2D eigenvalue weighted by atomic mass is 9.91. The number of nitrogens with zero attached hydrogens (tertiary/aromatic N) is 2. The summed E-state index contributed by atoms with van der Waals surface area (Å²) in [4.78, 5) is 12.9. The zero-order chi connectivity index (χ0) is 11.7. The first kappa shape index (κ1) is 11.0. The Balaban J connectivity index is 2.26. The van der Waals surface area contributed by atoms with Crippen molar-refractivity contribution < 1.29 is 9.90 Å². The highest BCUT2D eigenvalue weighted by Gasteiger charge is 2.29. The highest BCUT2D eigenvalue weighted by atomic mass is 16.4. The fourth-order valence-electron chi connectivity index (χ4n) is 2.20. The minimum absolute atomic E-state index is 0.0614. The maximum Gasteiger partial charge on any atom is 0.323 e. The van der Waals surface area contributed by atoms with Crippen LogP contribution >= 0.6 is 0 Å². The van der Waals surface area contributed by atoms with Crippen molar-refractivity contribution in [2.45, 2.75) is 39.2 Å². The zero-order valence-corrected chi connectivity index (χ0v) is 9.66. The Labute approximate surface area is 94.5 Å². The molecule has 1 aromatic rings. The van der Waals surface area contributed by atoms with Crippen LogP contribution in [0.4, 0.5) is 5.69 Å². The predicted molar refractivity (Wildman–Crippen MR) is 60.7 cm³/mol. The van der Waals surface area contributed by atoms with Crippen LogP contribution in [-0.4, -0.2) is 33.9 Å². The summed E-state index contributed by atoms with van der Waals surface area (Å²) < 4.78 is 0. The number of aromatic nitrogens is 2. The van der Waals surface area contributed by atoms with Crippen LogP contribution in [0, 0.1) is 13.8 Å². The third kappa shape index (κ3) is 1.89. The average Bonchev–Trinajstić information content (AvgIpc) is 2.41. The molecule has 1 saturated carbocycles. The summed E-state index contributed by atoms with van der Waals surface area (Å²) >= 11 is 0. The van der Waals surface area contributed by atoms with Crippen molar-refractivity contribution in [3.63, 3.8) is 0 Å². The predicted octanol–water partition coefficient (Wildman–Crippen LogP) is 1.47. The summed E-state index contributed by atoms with van der Waals surface area (Å²) in [5, 5.41) is 16.0. The Hall–Kier alpha value is -1.52. The first-order valence-corrected chi connectivity index (χ1v) is 5.59. The smallest absolute Gasteiger partial charge is 0.323 e. The second-order valence-electron chi connectivity index (χ2n) is 4.39. The van der Waals surface area contributed by atoms with Crippen LogP contribution in [0.25, 0.3) is 0 Å². The fraction of sp³-hybridized carbons (Fsp3) is 0.636. The van der Waals surface area contributed by atoms with Gasteiger partial charge in [-0.05, 0) is 33.1 Å². The number of hydrogen-bond acceptors (Lipinski definition) is 3. The number of nitrogens with one attached hydrogen (secondary N) is 1. The Morgan fingerprint density at radius 2 is 2.25 bits per heavy atom. The highest BCUT2D eigenvalue weighted by Crippen LogP contribution is 2.32. The van der Waals surface area contributed by atoms with Crippen molar-refractivity contribution in [3.05, 3.63) is 11.4 Å². The van der Waals surface area contributed by atoms with E-state index in [-0.39, 0.29) is 6.54 Å². The standard InChI is InChI=1S/C11H17N3O2/c1-7-11(8(2)13-12-7)14(6-10(15)16)9-4-3-5-9/h9H,3-6H2,1-2H3,(H,12,13)(H,15,16). The average molecular weight is 223 g/mol. The Kier molecular flexibility index (Phi) is 2.85. The molecule has 1 heterocycles. The van der Waals surface area contributed by atoms with Gasteiger partial charge in [0.05, 0.1) is 17.1 Å². The third-order valence-corrected chi connectivity index (χ3v) is 3.20. The third-order valence-electron chi connectivity index (χ3n) is 3.20. The van der Waals surface area contributed by atoms with Crippen molar-refractivity contribution in [1.29, 1.82) is 0 Å². The van der Waals surface area contributed by atoms with Crippen LogP contribution in [-0.2, 0) is 4.79 Å². The quantitative estimate of drug-likeness (QED) is 0.811. The number of anilines is 1. The van der Waals surface area contributed by atoms with Crippen LogP contribution < -0.4 is 4.90 Å². The number of aromatic amines is 1. The van der Waals surface area contributed by atoms with Gasteiger partial charge in [-0.25, -0.2) is 0 Å². The molecule has 2 rings (SSSR count). The number of H-pyrrole nitrogens is 1. The molecule has 5 heteroatoms. The Morgan fingerprint density at radius 3 is 2.62 bits per heavy atom. The molecule has 0 spiro atoms. The molecular formula is C11H17N3O2. The normalized spacial score (nSPS) is 15.9. The molecule has 1 aliphatic rings. The molecule has 0 unspecified atom stereocenters. The lowest BCUT2D eigenvalue weighted by Crippen LogP contribution is -2.43. The molecule has 0 saturated heterocycles. The maximum atomic E-state index is 10.9. The van der Waals surface area contributed by atoms with E-state index in [2.05, 4.69) is 10.2 Å². The van der Waals surface area contributed by atoms with Gasteiger partial charge in [0.1, 0.15) is 6.54 Å². The summed E-state index contributed by atoms with van der Waals surface area (Å²) in [5.41, 5.74) is 2.79. The molecule has 1 fully saturated rings. The molecule has 0 aliphatic heterocycles. The Bertz CT molecular complexity index is 376. The second kappa shape index (κ2) is 4.15. The molecule has 0 bridgehead atoms. The number of rotatable bonds is 4. The number of carboxylic acids is 1. The van der Waals surface area contributed by atoms with Crippen molar-refractivity contribution in [1.82, 2.24) is 10.2 Å². The molecule has 0 atom stereocenters. The van der Waals surface area contributed by atoms with Gasteiger partial charge in [0, 0.05) is 6.04 Å². The van der Waals surface area contributed by atoms with Gasteiger partial charge < -0.3 is 10.0 Å². The van der Waals surface area contributed by atoms with E-state index in [0.29, 0.717) is 6.04 Å². The van der Waals surface area contributed by atoms with Crippen LogP contribution in [0.3, 0.4) is 0 Å². The van der Waals surface area contributed by atoms with Crippen molar-refractivity contribution >= 4 is 11.7 Å². The molecule has 0 aromatic carbocycles. The molecule has 88 valence electrons. The lowest BCUT2D eigenvalue weighted by Gasteiger charge is -2.38. The summed E-state index contributed by atoms with van der Waals surface area (Å²) in [5.74, 6) is -0.785. The monoisotopic (exact) mass is 223 g/mol. The molecule has 1 aromatic heterocycles. The molecular weight excluding hydrogens is 206 g/mol. The number of aliphatic carboxylic acids is 1. The zero-order valence-electron chi connectivity index (χ0n) is 9.66. The largest absolute Gasteiger partial charge is 0.480 e. The summed E-state index contributed by atoms with van der Waals surface area (Å²) in [6.07, 6.45) is 3.35. The first-order chi connectivity index (χ1) is 7.59. The van der Waals surface area contributed by atoms with Crippen molar-refractivity contribution in [3.8, 4) is 0 Å². The number of hydrogen-bond donors (Lipinski definition) is 2. The van der Waals surface area contributed by atoms with Gasteiger partial charge in [0.2, 0.25) is 0 Å². The number of carboxylic acid groups (broad SMARTS) is 1. The first-order valence-electron chi connectivity index (χ1n) is 5.59. The molecule has 0 amide bonds. The van der Waals surface area contributed by atoms with Gasteiger partial charge in [0.25, 0.3) is 0 Å².